The summed E-state index contributed by atoms with van der Waals surface area (Å²) in [5.41, 5.74) is 6.47. The summed E-state index contributed by atoms with van der Waals surface area (Å²) in [5.74, 6) is -2.30. The van der Waals surface area contributed by atoms with Gasteiger partial charge in [-0.25, -0.2) is 13.6 Å². The highest BCUT2D eigenvalue weighted by Gasteiger charge is 2.34. The number of nitrogens with two attached hydrogens (primary N) is 1. The number of carbonyl (C=O) groups excluding carboxylic acids is 4. The van der Waals surface area contributed by atoms with Gasteiger partial charge in [-0.3, -0.25) is 19.1 Å². The second kappa shape index (κ2) is 12.3. The molecule has 1 aromatic heterocycles. The fourth-order valence-electron chi connectivity index (χ4n) is 4.99. The number of nitrogens with one attached hydrogen (secondary N) is 2. The predicted molar refractivity (Wildman–Crippen MR) is 151 cm³/mol. The average molecular weight is 602 g/mol. The van der Waals surface area contributed by atoms with E-state index in [2.05, 4.69) is 15.7 Å². The number of anilines is 1. The molecular weight excluding hydrogens is 572 g/mol. The molecule has 2 fully saturated rings. The van der Waals surface area contributed by atoms with E-state index >= 15 is 0 Å². The number of piperidine rings is 1. The third-order valence-electron chi connectivity index (χ3n) is 7.30. The summed E-state index contributed by atoms with van der Waals surface area (Å²) in [6.45, 7) is -0.149. The van der Waals surface area contributed by atoms with Crippen molar-refractivity contribution < 1.29 is 28.0 Å². The smallest absolute Gasteiger partial charge is 0.321 e. The molecule has 14 heteroatoms. The Hall–Kier alpha value is -4.26. The number of urea groups is 1. The van der Waals surface area contributed by atoms with Crippen LogP contribution in [0.3, 0.4) is 0 Å². The molecule has 3 aromatic rings. The Morgan fingerprint density at radius 3 is 2.64 bits per heavy atom. The van der Waals surface area contributed by atoms with Crippen LogP contribution in [0.25, 0.3) is 10.9 Å². The van der Waals surface area contributed by atoms with Crippen molar-refractivity contribution in [2.45, 2.75) is 51.0 Å². The second-order valence-corrected chi connectivity index (χ2v) is 10.9. The highest BCUT2D eigenvalue weighted by Crippen LogP contribution is 2.28. The molecule has 1 unspecified atom stereocenters. The van der Waals surface area contributed by atoms with Crippen LogP contribution in [0.5, 0.6) is 0 Å². The van der Waals surface area contributed by atoms with Gasteiger partial charge in [-0.05, 0) is 49.9 Å². The summed E-state index contributed by atoms with van der Waals surface area (Å²) in [4.78, 5) is 53.7. The van der Waals surface area contributed by atoms with Crippen LogP contribution >= 0.6 is 11.6 Å². The Morgan fingerprint density at radius 2 is 1.93 bits per heavy atom. The van der Waals surface area contributed by atoms with Gasteiger partial charge in [0.25, 0.3) is 5.91 Å². The molecule has 222 valence electrons. The minimum absolute atomic E-state index is 0.00761. The van der Waals surface area contributed by atoms with E-state index in [1.807, 2.05) is 0 Å². The number of fused-ring (bicyclic) bond motifs is 1. The summed E-state index contributed by atoms with van der Waals surface area (Å²) < 4.78 is 29.3. The van der Waals surface area contributed by atoms with E-state index in [9.17, 15) is 28.0 Å². The molecule has 0 radical (unpaired) electrons. The fourth-order valence-corrected chi connectivity index (χ4v) is 5.18. The van der Waals surface area contributed by atoms with Crippen molar-refractivity contribution in [3.05, 3.63) is 58.5 Å². The molecule has 42 heavy (non-hydrogen) atoms. The molecule has 2 heterocycles. The largest absolute Gasteiger partial charge is 0.364 e. The quantitative estimate of drug-likeness (QED) is 0.345. The van der Waals surface area contributed by atoms with E-state index < -0.39 is 35.7 Å². The molecule has 5 rings (SSSR count). The summed E-state index contributed by atoms with van der Waals surface area (Å²) in [6, 6.07) is 8.62. The molecule has 2 aliphatic rings. The van der Waals surface area contributed by atoms with Crippen LogP contribution in [0.4, 0.5) is 19.3 Å². The van der Waals surface area contributed by atoms with Crippen LogP contribution < -0.4 is 16.4 Å². The van der Waals surface area contributed by atoms with Crippen molar-refractivity contribution in [2.75, 3.05) is 25.0 Å². The van der Waals surface area contributed by atoms with Crippen LogP contribution in [-0.4, -0.2) is 75.2 Å². The third kappa shape index (κ3) is 6.62. The zero-order chi connectivity index (χ0) is 30.0. The van der Waals surface area contributed by atoms with Crippen LogP contribution in [0, 0.1) is 5.82 Å². The Morgan fingerprint density at radius 1 is 1.14 bits per heavy atom. The van der Waals surface area contributed by atoms with Crippen molar-refractivity contribution in [3.63, 3.8) is 0 Å². The summed E-state index contributed by atoms with van der Waals surface area (Å²) in [5, 5.41) is 9.86. The average Bonchev–Trinajstić information content (AvgIpc) is 3.74. The van der Waals surface area contributed by atoms with E-state index in [1.165, 1.54) is 32.7 Å². The zero-order valence-electron chi connectivity index (χ0n) is 22.6. The first-order chi connectivity index (χ1) is 20.1. The Balaban J connectivity index is 1.28. The SMILES string of the molecule is NC(=O)c1nn(CC(=O)N(CC(=O)NCc2cccc(Cl)c2F)C2CC2)c2ccc(NC(=O)N3CCCC(F)C3)cc12. The van der Waals surface area contributed by atoms with E-state index in [0.717, 1.165) is 12.8 Å². The van der Waals surface area contributed by atoms with Gasteiger partial charge in [-0.1, -0.05) is 23.7 Å². The van der Waals surface area contributed by atoms with Crippen LogP contribution in [0.15, 0.2) is 36.4 Å². The maximum atomic E-state index is 14.2. The number of nitrogens with zero attached hydrogens (tertiary/aromatic N) is 4. The van der Waals surface area contributed by atoms with E-state index in [-0.39, 0.29) is 48.5 Å². The lowest BCUT2D eigenvalue weighted by Crippen LogP contribution is -2.43. The lowest BCUT2D eigenvalue weighted by Gasteiger charge is -2.29. The lowest BCUT2D eigenvalue weighted by atomic mass is 10.1. The number of likely N-dealkylation sites (tertiary alicyclic amines) is 1. The highest BCUT2D eigenvalue weighted by atomic mass is 35.5. The maximum absolute atomic E-state index is 14.2. The maximum Gasteiger partial charge on any atom is 0.321 e. The number of rotatable bonds is 9. The predicted octanol–water partition coefficient (Wildman–Crippen LogP) is 3.20. The molecule has 0 spiro atoms. The van der Waals surface area contributed by atoms with E-state index in [0.29, 0.717) is 36.0 Å². The number of hydrogen-bond acceptors (Lipinski definition) is 5. The molecule has 1 atom stereocenters. The summed E-state index contributed by atoms with van der Waals surface area (Å²) >= 11 is 5.80. The van der Waals surface area contributed by atoms with Gasteiger partial charge in [0.2, 0.25) is 11.8 Å². The number of amides is 5. The summed E-state index contributed by atoms with van der Waals surface area (Å²) in [6.07, 6.45) is 1.38. The van der Waals surface area contributed by atoms with Gasteiger partial charge in [0.05, 0.1) is 23.6 Å². The first-order valence-electron chi connectivity index (χ1n) is 13.6. The normalized spacial score (nSPS) is 16.7. The third-order valence-corrected chi connectivity index (χ3v) is 7.59. The molecule has 1 saturated heterocycles. The zero-order valence-corrected chi connectivity index (χ0v) is 23.4. The van der Waals surface area contributed by atoms with Gasteiger partial charge in [0.15, 0.2) is 5.69 Å². The van der Waals surface area contributed by atoms with Gasteiger partial charge in [-0.15, -0.1) is 0 Å². The standard InChI is InChI=1S/C28H30ClF2N7O4/c29-21-5-1-3-16(25(21)31)12-33-23(39)14-37(19-7-8-19)24(40)15-38-22-9-6-18(11-20(22)26(35-38)27(32)41)34-28(42)36-10-2-4-17(30)13-36/h1,3,5-6,9,11,17,19H,2,4,7-8,10,12-15H2,(H2,32,41)(H,33,39)(H,34,42). The Labute approximate surface area is 244 Å². The number of aromatic nitrogens is 2. The molecule has 4 N–H and O–H groups in total. The van der Waals surface area contributed by atoms with Crippen molar-refractivity contribution in [1.29, 1.82) is 0 Å². The monoisotopic (exact) mass is 601 g/mol. The number of hydrogen-bond donors (Lipinski definition) is 3. The van der Waals surface area contributed by atoms with Crippen molar-refractivity contribution in [1.82, 2.24) is 24.9 Å². The number of benzene rings is 2. The van der Waals surface area contributed by atoms with E-state index in [1.54, 1.807) is 18.2 Å². The first kappa shape index (κ1) is 29.2. The number of carbonyl (C=O) groups is 4. The topological polar surface area (TPSA) is 143 Å². The molecule has 0 bridgehead atoms. The second-order valence-electron chi connectivity index (χ2n) is 10.5. The Bertz CT molecular complexity index is 1540. The van der Waals surface area contributed by atoms with Crippen LogP contribution in [0.2, 0.25) is 5.02 Å². The number of primary amides is 1. The molecular formula is C28H30ClF2N7O4. The summed E-state index contributed by atoms with van der Waals surface area (Å²) in [7, 11) is 0. The van der Waals surface area contributed by atoms with Crippen molar-refractivity contribution in [3.8, 4) is 0 Å². The van der Waals surface area contributed by atoms with Crippen molar-refractivity contribution in [2.24, 2.45) is 5.73 Å². The molecule has 11 nitrogen and oxygen atoms in total. The fraction of sp³-hybridized carbons (Fsp3) is 0.393. The minimum Gasteiger partial charge on any atom is -0.364 e. The van der Waals surface area contributed by atoms with Gasteiger partial charge in [0.1, 0.15) is 18.5 Å². The van der Waals surface area contributed by atoms with Crippen LogP contribution in [-0.2, 0) is 22.7 Å². The molecule has 1 saturated carbocycles. The lowest BCUT2D eigenvalue weighted by molar-refractivity contribution is -0.137. The van der Waals surface area contributed by atoms with Gasteiger partial charge in [-0.2, -0.15) is 5.10 Å². The number of halogens is 3. The number of alkyl halides is 1. The molecule has 1 aliphatic heterocycles. The molecule has 2 aromatic carbocycles. The first-order valence-corrected chi connectivity index (χ1v) is 14.0. The van der Waals surface area contributed by atoms with Gasteiger partial charge in [0, 0.05) is 35.8 Å². The van der Waals surface area contributed by atoms with E-state index in [4.69, 9.17) is 17.3 Å². The highest BCUT2D eigenvalue weighted by molar-refractivity contribution is 6.30. The van der Waals surface area contributed by atoms with Gasteiger partial charge >= 0.3 is 6.03 Å². The van der Waals surface area contributed by atoms with Crippen molar-refractivity contribution >= 4 is 51.9 Å². The minimum atomic E-state index is -1.07. The molecule has 1 aliphatic carbocycles. The Kier molecular flexibility index (Phi) is 8.57. The van der Waals surface area contributed by atoms with Gasteiger partial charge < -0.3 is 26.2 Å². The van der Waals surface area contributed by atoms with Crippen LogP contribution in [0.1, 0.15) is 41.7 Å². The molecule has 5 amide bonds.